The molecule has 2 N–H and O–H groups in total. The molecule has 1 aromatic carbocycles. The highest BCUT2D eigenvalue weighted by Gasteiger charge is 2.23. The summed E-state index contributed by atoms with van der Waals surface area (Å²) in [4.78, 5) is 27.0. The highest BCUT2D eigenvalue weighted by Crippen LogP contribution is 2.27. The van der Waals surface area contributed by atoms with Gasteiger partial charge < -0.3 is 20.3 Å². The summed E-state index contributed by atoms with van der Waals surface area (Å²) >= 11 is 0. The van der Waals surface area contributed by atoms with Crippen LogP contribution in [0.25, 0.3) is 0 Å². The smallest absolute Gasteiger partial charge is 0.321 e. The van der Waals surface area contributed by atoms with Crippen LogP contribution in [0.3, 0.4) is 0 Å². The number of amides is 3. The first-order valence-electron chi connectivity index (χ1n) is 10.7. The van der Waals surface area contributed by atoms with E-state index in [1.165, 1.54) is 0 Å². The maximum Gasteiger partial charge on any atom is 0.321 e. The van der Waals surface area contributed by atoms with Gasteiger partial charge in [0.15, 0.2) is 0 Å². The first kappa shape index (κ1) is 20.6. The molecule has 1 aliphatic carbocycles. The van der Waals surface area contributed by atoms with Crippen LogP contribution in [-0.4, -0.2) is 42.6 Å². The minimum atomic E-state index is -0.131. The monoisotopic (exact) mass is 387 g/mol. The molecule has 28 heavy (non-hydrogen) atoms. The first-order chi connectivity index (χ1) is 13.6. The fourth-order valence-electron chi connectivity index (χ4n) is 4.01. The molecule has 0 spiro atoms. The fourth-order valence-corrected chi connectivity index (χ4v) is 4.01. The van der Waals surface area contributed by atoms with Gasteiger partial charge in [0.25, 0.3) is 0 Å². The number of nitrogens with one attached hydrogen (secondary N) is 2. The third-order valence-corrected chi connectivity index (χ3v) is 5.84. The largest absolute Gasteiger partial charge is 0.376 e. The SMILES string of the molecule is CCN(C[C@@H]1CCCCO1)C(=O)Nc1ccc(C)c(NC(=O)C2CCCC2)c1. The Morgan fingerprint density at radius 2 is 1.86 bits per heavy atom. The van der Waals surface area contributed by atoms with Crippen molar-refractivity contribution in [3.63, 3.8) is 0 Å². The Kier molecular flexibility index (Phi) is 7.31. The predicted octanol–water partition coefficient (Wildman–Crippen LogP) is 4.55. The average molecular weight is 388 g/mol. The highest BCUT2D eigenvalue weighted by molar-refractivity contribution is 5.95. The van der Waals surface area contributed by atoms with Gasteiger partial charge in [0, 0.05) is 37.0 Å². The number of urea groups is 1. The lowest BCUT2D eigenvalue weighted by atomic mass is 10.1. The molecule has 1 saturated carbocycles. The molecule has 0 bridgehead atoms. The Bertz CT molecular complexity index is 680. The average Bonchev–Trinajstić information content (AvgIpc) is 3.24. The summed E-state index contributed by atoms with van der Waals surface area (Å²) in [5.41, 5.74) is 2.46. The van der Waals surface area contributed by atoms with Crippen molar-refractivity contribution in [3.05, 3.63) is 23.8 Å². The van der Waals surface area contributed by atoms with E-state index in [0.29, 0.717) is 18.8 Å². The van der Waals surface area contributed by atoms with Gasteiger partial charge in [0.1, 0.15) is 0 Å². The van der Waals surface area contributed by atoms with Gasteiger partial charge in [-0.15, -0.1) is 0 Å². The van der Waals surface area contributed by atoms with Crippen molar-refractivity contribution in [2.45, 2.75) is 64.9 Å². The third kappa shape index (κ3) is 5.47. The highest BCUT2D eigenvalue weighted by atomic mass is 16.5. The van der Waals surface area contributed by atoms with Gasteiger partial charge in [0.05, 0.1) is 6.10 Å². The van der Waals surface area contributed by atoms with E-state index in [9.17, 15) is 9.59 Å². The van der Waals surface area contributed by atoms with Gasteiger partial charge in [-0.1, -0.05) is 18.9 Å². The number of carbonyl (C=O) groups excluding carboxylic acids is 2. The molecule has 1 aliphatic heterocycles. The summed E-state index contributed by atoms with van der Waals surface area (Å²) in [5.74, 6) is 0.206. The van der Waals surface area contributed by atoms with Crippen LogP contribution in [0.15, 0.2) is 18.2 Å². The van der Waals surface area contributed by atoms with E-state index < -0.39 is 0 Å². The predicted molar refractivity (Wildman–Crippen MR) is 112 cm³/mol. The standard InChI is InChI=1S/C22H33N3O3/c1-3-25(15-19-10-6-7-13-28-19)22(27)23-18-12-11-16(2)20(14-18)24-21(26)17-8-4-5-9-17/h11-12,14,17,19H,3-10,13,15H2,1-2H3,(H,23,27)(H,24,26)/t19-/m0/s1. The minimum absolute atomic E-state index is 0.0914. The van der Waals surface area contributed by atoms with Crippen molar-refractivity contribution in [2.75, 3.05) is 30.3 Å². The summed E-state index contributed by atoms with van der Waals surface area (Å²) in [6.07, 6.45) is 7.59. The zero-order valence-corrected chi connectivity index (χ0v) is 17.1. The van der Waals surface area contributed by atoms with Crippen LogP contribution >= 0.6 is 0 Å². The Labute approximate surface area is 168 Å². The maximum atomic E-state index is 12.7. The minimum Gasteiger partial charge on any atom is -0.376 e. The number of hydrogen-bond donors (Lipinski definition) is 2. The lowest BCUT2D eigenvalue weighted by molar-refractivity contribution is -0.119. The van der Waals surface area contributed by atoms with E-state index in [4.69, 9.17) is 4.74 Å². The molecule has 0 radical (unpaired) electrons. The number of aryl methyl sites for hydroxylation is 1. The molecule has 1 atom stereocenters. The molecule has 154 valence electrons. The number of benzene rings is 1. The fraction of sp³-hybridized carbons (Fsp3) is 0.636. The Balaban J connectivity index is 1.60. The zero-order chi connectivity index (χ0) is 19.9. The maximum absolute atomic E-state index is 12.7. The summed E-state index contributed by atoms with van der Waals surface area (Å²) in [6, 6.07) is 5.53. The lowest BCUT2D eigenvalue weighted by Gasteiger charge is -2.29. The van der Waals surface area contributed by atoms with Crippen LogP contribution in [0, 0.1) is 12.8 Å². The second-order valence-electron chi connectivity index (χ2n) is 7.96. The number of likely N-dealkylation sites (N-methyl/N-ethyl adjacent to an activating group) is 1. The quantitative estimate of drug-likeness (QED) is 0.752. The molecule has 1 saturated heterocycles. The number of carbonyl (C=O) groups is 2. The van der Waals surface area contributed by atoms with E-state index in [1.54, 1.807) is 4.90 Å². The van der Waals surface area contributed by atoms with E-state index >= 15 is 0 Å². The number of anilines is 2. The Morgan fingerprint density at radius 1 is 1.11 bits per heavy atom. The van der Waals surface area contributed by atoms with Crippen molar-refractivity contribution in [1.82, 2.24) is 4.90 Å². The number of nitrogens with zero attached hydrogens (tertiary/aromatic N) is 1. The van der Waals surface area contributed by atoms with Crippen LogP contribution < -0.4 is 10.6 Å². The van der Waals surface area contributed by atoms with E-state index in [2.05, 4.69) is 10.6 Å². The van der Waals surface area contributed by atoms with Gasteiger partial charge in [-0.25, -0.2) is 4.79 Å². The number of ether oxygens (including phenoxy) is 1. The first-order valence-corrected chi connectivity index (χ1v) is 10.7. The lowest BCUT2D eigenvalue weighted by Crippen LogP contribution is -2.41. The van der Waals surface area contributed by atoms with Gasteiger partial charge in [-0.2, -0.15) is 0 Å². The van der Waals surface area contributed by atoms with Gasteiger partial charge >= 0.3 is 6.03 Å². The van der Waals surface area contributed by atoms with E-state index in [0.717, 1.165) is 62.8 Å². The molecule has 6 nitrogen and oxygen atoms in total. The van der Waals surface area contributed by atoms with Crippen LogP contribution in [0.1, 0.15) is 57.4 Å². The van der Waals surface area contributed by atoms with Crippen LogP contribution in [0.5, 0.6) is 0 Å². The number of hydrogen-bond acceptors (Lipinski definition) is 3. The molecule has 6 heteroatoms. The number of rotatable bonds is 6. The Morgan fingerprint density at radius 3 is 2.54 bits per heavy atom. The summed E-state index contributed by atoms with van der Waals surface area (Å²) in [6.45, 7) is 5.97. The van der Waals surface area contributed by atoms with Crippen molar-refractivity contribution >= 4 is 23.3 Å². The Hall–Kier alpha value is -2.08. The summed E-state index contributed by atoms with van der Waals surface area (Å²) in [5, 5.41) is 6.02. The molecule has 0 unspecified atom stereocenters. The summed E-state index contributed by atoms with van der Waals surface area (Å²) < 4.78 is 5.77. The topological polar surface area (TPSA) is 70.7 Å². The molecule has 2 fully saturated rings. The van der Waals surface area contributed by atoms with Gasteiger partial charge in [-0.05, 0) is 63.6 Å². The van der Waals surface area contributed by atoms with Crippen molar-refractivity contribution in [3.8, 4) is 0 Å². The van der Waals surface area contributed by atoms with Crippen LogP contribution in [-0.2, 0) is 9.53 Å². The van der Waals surface area contributed by atoms with Gasteiger partial charge in [0.2, 0.25) is 5.91 Å². The molecule has 2 aliphatic rings. The third-order valence-electron chi connectivity index (χ3n) is 5.84. The van der Waals surface area contributed by atoms with Crippen LogP contribution in [0.4, 0.5) is 16.2 Å². The molecule has 1 aromatic rings. The molecule has 3 amide bonds. The van der Waals surface area contributed by atoms with E-state index in [1.807, 2.05) is 32.0 Å². The molecule has 3 rings (SSSR count). The van der Waals surface area contributed by atoms with Crippen LogP contribution in [0.2, 0.25) is 0 Å². The normalized spacial score (nSPS) is 20.0. The molecule has 1 heterocycles. The second-order valence-corrected chi connectivity index (χ2v) is 7.96. The zero-order valence-electron chi connectivity index (χ0n) is 17.1. The van der Waals surface area contributed by atoms with Crippen molar-refractivity contribution in [1.29, 1.82) is 0 Å². The molecular weight excluding hydrogens is 354 g/mol. The van der Waals surface area contributed by atoms with Crippen molar-refractivity contribution in [2.24, 2.45) is 5.92 Å². The molecular formula is C22H33N3O3. The summed E-state index contributed by atoms with van der Waals surface area (Å²) in [7, 11) is 0. The van der Waals surface area contributed by atoms with Crippen molar-refractivity contribution < 1.29 is 14.3 Å². The van der Waals surface area contributed by atoms with Gasteiger partial charge in [-0.3, -0.25) is 4.79 Å². The second kappa shape index (κ2) is 9.92. The van der Waals surface area contributed by atoms with E-state index in [-0.39, 0.29) is 24.0 Å². The molecule has 0 aromatic heterocycles.